The lowest BCUT2D eigenvalue weighted by molar-refractivity contribution is 0.0715. The fourth-order valence-corrected chi connectivity index (χ4v) is 1.96. The number of anilines is 1. The summed E-state index contributed by atoms with van der Waals surface area (Å²) >= 11 is 0. The van der Waals surface area contributed by atoms with Gasteiger partial charge >= 0.3 is 0 Å². The van der Waals surface area contributed by atoms with Gasteiger partial charge in [-0.1, -0.05) is 13.8 Å². The molecule has 6 heteroatoms. The van der Waals surface area contributed by atoms with Gasteiger partial charge < -0.3 is 15.5 Å². The number of likely N-dealkylation sites (N-methyl/N-ethyl adjacent to an activating group) is 1. The van der Waals surface area contributed by atoms with E-state index >= 15 is 0 Å². The molecule has 0 fully saturated rings. The van der Waals surface area contributed by atoms with Crippen molar-refractivity contribution >= 4 is 11.6 Å². The average Bonchev–Trinajstić information content (AvgIpc) is 2.38. The summed E-state index contributed by atoms with van der Waals surface area (Å²) in [6.07, 6.45) is 0. The summed E-state index contributed by atoms with van der Waals surface area (Å²) in [5, 5.41) is 0. The van der Waals surface area contributed by atoms with E-state index in [0.29, 0.717) is 19.6 Å². The summed E-state index contributed by atoms with van der Waals surface area (Å²) in [4.78, 5) is 15.8. The molecule has 1 aromatic carbocycles. The molecule has 0 spiro atoms. The molecule has 0 aliphatic carbocycles. The Bertz CT molecular complexity index is 504. The number of rotatable bonds is 6. The Balaban J connectivity index is 3.07. The molecule has 0 saturated carbocycles. The van der Waals surface area contributed by atoms with Crippen molar-refractivity contribution in [3.8, 4) is 0 Å². The van der Waals surface area contributed by atoms with Crippen LogP contribution in [0.25, 0.3) is 0 Å². The summed E-state index contributed by atoms with van der Waals surface area (Å²) in [6, 6.07) is 2.14. The Morgan fingerprint density at radius 3 is 2.38 bits per heavy atom. The number of hydrogen-bond acceptors (Lipinski definition) is 3. The first-order valence-corrected chi connectivity index (χ1v) is 6.91. The molecule has 2 N–H and O–H groups in total. The van der Waals surface area contributed by atoms with Crippen molar-refractivity contribution in [2.75, 3.05) is 39.5 Å². The number of benzene rings is 1. The first kappa shape index (κ1) is 17.4. The van der Waals surface area contributed by atoms with Gasteiger partial charge in [-0.2, -0.15) is 0 Å². The molecule has 118 valence electrons. The van der Waals surface area contributed by atoms with Gasteiger partial charge in [0.05, 0.1) is 5.69 Å². The summed E-state index contributed by atoms with van der Waals surface area (Å²) in [5.74, 6) is -2.33. The van der Waals surface area contributed by atoms with Crippen molar-refractivity contribution in [2.24, 2.45) is 5.92 Å². The van der Waals surface area contributed by atoms with Gasteiger partial charge in [0.25, 0.3) is 5.91 Å². The van der Waals surface area contributed by atoms with Gasteiger partial charge in [0.1, 0.15) is 11.4 Å². The average molecular weight is 299 g/mol. The molecule has 0 saturated heterocycles. The van der Waals surface area contributed by atoms with E-state index in [1.165, 1.54) is 4.90 Å². The van der Waals surface area contributed by atoms with Crippen molar-refractivity contribution in [1.29, 1.82) is 0 Å². The molecule has 0 aliphatic heterocycles. The highest BCUT2D eigenvalue weighted by molar-refractivity contribution is 5.95. The number of halogens is 2. The largest absolute Gasteiger partial charge is 0.396 e. The molecule has 1 amide bonds. The van der Waals surface area contributed by atoms with Crippen LogP contribution in [0.3, 0.4) is 0 Å². The molecule has 0 unspecified atom stereocenters. The van der Waals surface area contributed by atoms with E-state index in [4.69, 9.17) is 5.73 Å². The maximum absolute atomic E-state index is 14.0. The van der Waals surface area contributed by atoms with Crippen molar-refractivity contribution < 1.29 is 13.6 Å². The van der Waals surface area contributed by atoms with Crippen LogP contribution in [0.4, 0.5) is 14.5 Å². The lowest BCUT2D eigenvalue weighted by atomic mass is 10.1. The third-order valence-corrected chi connectivity index (χ3v) is 3.02. The van der Waals surface area contributed by atoms with Crippen molar-refractivity contribution in [2.45, 2.75) is 13.8 Å². The van der Waals surface area contributed by atoms with Crippen LogP contribution in [0.1, 0.15) is 24.2 Å². The van der Waals surface area contributed by atoms with Crippen LogP contribution in [0.2, 0.25) is 0 Å². The highest BCUT2D eigenvalue weighted by atomic mass is 19.1. The van der Waals surface area contributed by atoms with Gasteiger partial charge in [0, 0.05) is 19.6 Å². The normalized spacial score (nSPS) is 11.2. The molecule has 21 heavy (non-hydrogen) atoms. The maximum Gasteiger partial charge on any atom is 0.259 e. The smallest absolute Gasteiger partial charge is 0.259 e. The molecule has 0 heterocycles. The van der Waals surface area contributed by atoms with Crippen LogP contribution in [0.15, 0.2) is 12.1 Å². The first-order chi connectivity index (χ1) is 9.73. The minimum atomic E-state index is -0.987. The van der Waals surface area contributed by atoms with E-state index in [-0.39, 0.29) is 11.6 Å². The highest BCUT2D eigenvalue weighted by Gasteiger charge is 2.25. The molecule has 0 atom stereocenters. The predicted octanol–water partition coefficient (Wildman–Crippen LogP) is 2.21. The summed E-state index contributed by atoms with van der Waals surface area (Å²) < 4.78 is 27.8. The standard InChI is InChI=1S/C15H23F2N3O/c1-10(2)9-20(8-7-19(3)4)15(21)13-11(16)5-6-12(18)14(13)17/h5-6,10H,7-9,18H2,1-4H3. The minimum Gasteiger partial charge on any atom is -0.396 e. The van der Waals surface area contributed by atoms with Gasteiger partial charge in [-0.15, -0.1) is 0 Å². The van der Waals surface area contributed by atoms with Crippen LogP contribution in [0.5, 0.6) is 0 Å². The first-order valence-electron chi connectivity index (χ1n) is 6.91. The number of hydrogen-bond donors (Lipinski definition) is 1. The van der Waals surface area contributed by atoms with Crippen molar-refractivity contribution in [3.05, 3.63) is 29.3 Å². The second-order valence-electron chi connectivity index (χ2n) is 5.77. The van der Waals surface area contributed by atoms with E-state index in [9.17, 15) is 13.6 Å². The highest BCUT2D eigenvalue weighted by Crippen LogP contribution is 2.20. The lowest BCUT2D eigenvalue weighted by Gasteiger charge is -2.26. The fraction of sp³-hybridized carbons (Fsp3) is 0.533. The van der Waals surface area contributed by atoms with Gasteiger partial charge in [0.2, 0.25) is 0 Å². The van der Waals surface area contributed by atoms with E-state index in [2.05, 4.69) is 0 Å². The molecule has 1 rings (SSSR count). The van der Waals surface area contributed by atoms with Crippen molar-refractivity contribution in [1.82, 2.24) is 9.80 Å². The predicted molar refractivity (Wildman–Crippen MR) is 80.1 cm³/mol. The summed E-state index contributed by atoms with van der Waals surface area (Å²) in [6.45, 7) is 5.34. The topological polar surface area (TPSA) is 49.6 Å². The molecule has 4 nitrogen and oxygen atoms in total. The minimum absolute atomic E-state index is 0.197. The van der Waals surface area contributed by atoms with Crippen LogP contribution >= 0.6 is 0 Å². The molecular formula is C15H23F2N3O. The number of nitrogens with zero attached hydrogens (tertiary/aromatic N) is 2. The SMILES string of the molecule is CC(C)CN(CCN(C)C)C(=O)c1c(F)ccc(N)c1F. The van der Waals surface area contributed by atoms with Crippen LogP contribution < -0.4 is 5.73 Å². The van der Waals surface area contributed by atoms with E-state index in [1.807, 2.05) is 32.8 Å². The zero-order chi connectivity index (χ0) is 16.2. The Kier molecular flexibility index (Phi) is 6.08. The Hall–Kier alpha value is -1.69. The number of amides is 1. The maximum atomic E-state index is 14.0. The Morgan fingerprint density at radius 2 is 1.86 bits per heavy atom. The number of carbonyl (C=O) groups is 1. The summed E-state index contributed by atoms with van der Waals surface area (Å²) in [5.41, 5.74) is 4.63. The van der Waals surface area contributed by atoms with E-state index < -0.39 is 23.1 Å². The molecule has 0 aromatic heterocycles. The molecular weight excluding hydrogens is 276 g/mol. The quantitative estimate of drug-likeness (QED) is 0.819. The van der Waals surface area contributed by atoms with Crippen LogP contribution in [-0.2, 0) is 0 Å². The second-order valence-corrected chi connectivity index (χ2v) is 5.77. The molecule has 0 radical (unpaired) electrons. The second kappa shape index (κ2) is 7.36. The van der Waals surface area contributed by atoms with Crippen LogP contribution in [-0.4, -0.2) is 49.4 Å². The fourth-order valence-electron chi connectivity index (χ4n) is 1.96. The Labute approximate surface area is 124 Å². The molecule has 0 bridgehead atoms. The number of carbonyl (C=O) groups excluding carboxylic acids is 1. The van der Waals surface area contributed by atoms with E-state index in [1.54, 1.807) is 0 Å². The zero-order valence-electron chi connectivity index (χ0n) is 13.0. The van der Waals surface area contributed by atoms with Gasteiger partial charge in [0.15, 0.2) is 5.82 Å². The third kappa shape index (κ3) is 4.67. The summed E-state index contributed by atoms with van der Waals surface area (Å²) in [7, 11) is 3.75. The lowest BCUT2D eigenvalue weighted by Crippen LogP contribution is -2.39. The molecule has 1 aromatic rings. The molecule has 0 aliphatic rings. The monoisotopic (exact) mass is 299 g/mol. The number of nitrogens with two attached hydrogens (primary N) is 1. The zero-order valence-corrected chi connectivity index (χ0v) is 13.0. The van der Waals surface area contributed by atoms with Gasteiger partial charge in [-0.05, 0) is 32.1 Å². The van der Waals surface area contributed by atoms with E-state index in [0.717, 1.165) is 12.1 Å². The van der Waals surface area contributed by atoms with Crippen molar-refractivity contribution in [3.63, 3.8) is 0 Å². The van der Waals surface area contributed by atoms with Gasteiger partial charge in [-0.3, -0.25) is 4.79 Å². The Morgan fingerprint density at radius 1 is 1.24 bits per heavy atom. The number of nitrogen functional groups attached to an aromatic ring is 1. The van der Waals surface area contributed by atoms with Gasteiger partial charge in [-0.25, -0.2) is 8.78 Å². The third-order valence-electron chi connectivity index (χ3n) is 3.02. The van der Waals surface area contributed by atoms with Crippen LogP contribution in [0, 0.1) is 17.6 Å².